The van der Waals surface area contributed by atoms with Crippen molar-refractivity contribution in [3.05, 3.63) is 77.6 Å². The summed E-state index contributed by atoms with van der Waals surface area (Å²) in [5.41, 5.74) is 4.88. The van der Waals surface area contributed by atoms with E-state index in [2.05, 4.69) is 28.2 Å². The average Bonchev–Trinajstić information content (AvgIpc) is 3.15. The molecule has 0 radical (unpaired) electrons. The Balaban J connectivity index is 1.23. The second-order valence-corrected chi connectivity index (χ2v) is 12.5. The average molecular weight is 589 g/mol. The number of anilines is 1. The minimum Gasteiger partial charge on any atom is -0.486 e. The molecule has 2 aromatic heterocycles. The molecule has 0 bridgehead atoms. The lowest BCUT2D eigenvalue weighted by molar-refractivity contribution is 0.0950. The van der Waals surface area contributed by atoms with E-state index < -0.39 is 9.84 Å². The van der Waals surface area contributed by atoms with Crippen LogP contribution in [-0.2, 0) is 32.5 Å². The van der Waals surface area contributed by atoms with Gasteiger partial charge in [-0.25, -0.2) is 13.4 Å². The van der Waals surface area contributed by atoms with Gasteiger partial charge in [0.25, 0.3) is 5.91 Å². The topological polar surface area (TPSA) is 120 Å². The number of fused-ring (bicyclic) bond motifs is 3. The van der Waals surface area contributed by atoms with E-state index in [0.29, 0.717) is 17.9 Å². The largest absolute Gasteiger partial charge is 0.486 e. The molecule has 2 aliphatic rings. The standard InChI is InChI=1S/C31H32N4O6S/c1-20-18-35(10-11-39-2)28-5-3-4-25(30(28)41-20)26-9-8-22-16-32-24(15-27(22)34-26)17-33-31(36)21-6-7-23-19-40-12-13-42(37,38)29(23)14-21/h3-9,14-16,20H,10-13,17-19H2,1-2H3,(H,33,36). The van der Waals surface area contributed by atoms with Crippen molar-refractivity contribution in [2.75, 3.05) is 44.1 Å². The molecular formula is C31H32N4O6S. The Kier molecular flexibility index (Phi) is 7.80. The highest BCUT2D eigenvalue weighted by molar-refractivity contribution is 7.91. The highest BCUT2D eigenvalue weighted by atomic mass is 32.2. The van der Waals surface area contributed by atoms with Crippen molar-refractivity contribution in [3.63, 3.8) is 0 Å². The highest BCUT2D eigenvalue weighted by Gasteiger charge is 2.26. The van der Waals surface area contributed by atoms with E-state index in [-0.39, 0.29) is 48.0 Å². The summed E-state index contributed by atoms with van der Waals surface area (Å²) >= 11 is 0. The molecule has 11 heteroatoms. The first-order valence-electron chi connectivity index (χ1n) is 13.8. The molecule has 4 heterocycles. The SMILES string of the molecule is COCCN1CC(C)Oc2c(-c3ccc4cnc(CNC(=O)c5ccc6c(c5)S(=O)(=O)CCOC6)cc4n3)cccc21. The molecular weight excluding hydrogens is 556 g/mol. The Morgan fingerprint density at radius 3 is 2.90 bits per heavy atom. The van der Waals surface area contributed by atoms with E-state index in [0.717, 1.165) is 46.7 Å². The number of aromatic nitrogens is 2. The van der Waals surface area contributed by atoms with Crippen LogP contribution in [0.1, 0.15) is 28.5 Å². The lowest BCUT2D eigenvalue weighted by Crippen LogP contribution is -2.40. The molecule has 2 aliphatic heterocycles. The number of hydrogen-bond donors (Lipinski definition) is 1. The normalized spacial score (nSPS) is 17.6. The summed E-state index contributed by atoms with van der Waals surface area (Å²) in [6.07, 6.45) is 1.75. The van der Waals surface area contributed by atoms with E-state index >= 15 is 0 Å². The number of ether oxygens (including phenoxy) is 3. The van der Waals surface area contributed by atoms with Crippen LogP contribution in [0.25, 0.3) is 22.2 Å². The van der Waals surface area contributed by atoms with Crippen LogP contribution in [0.4, 0.5) is 5.69 Å². The summed E-state index contributed by atoms with van der Waals surface area (Å²) in [7, 11) is -1.81. The summed E-state index contributed by atoms with van der Waals surface area (Å²) < 4.78 is 42.2. The number of hydrogen-bond acceptors (Lipinski definition) is 9. The van der Waals surface area contributed by atoms with Gasteiger partial charge >= 0.3 is 0 Å². The lowest BCUT2D eigenvalue weighted by atomic mass is 10.0. The molecule has 1 atom stereocenters. The van der Waals surface area contributed by atoms with Crippen LogP contribution in [0.2, 0.25) is 0 Å². The Hall–Kier alpha value is -4.06. The number of rotatable bonds is 7. The molecule has 0 spiro atoms. The molecule has 2 aromatic carbocycles. The van der Waals surface area contributed by atoms with Gasteiger partial charge in [0.15, 0.2) is 15.6 Å². The molecule has 0 fully saturated rings. The third-order valence-electron chi connectivity index (χ3n) is 7.45. The van der Waals surface area contributed by atoms with Gasteiger partial charge in [-0.05, 0) is 55.0 Å². The molecule has 1 amide bonds. The second kappa shape index (κ2) is 11.7. The Labute approximate surface area is 244 Å². The Bertz CT molecular complexity index is 1760. The van der Waals surface area contributed by atoms with Crippen molar-refractivity contribution in [1.82, 2.24) is 15.3 Å². The van der Waals surface area contributed by atoms with Crippen LogP contribution in [-0.4, -0.2) is 69.6 Å². The fourth-order valence-corrected chi connectivity index (χ4v) is 6.69. The maximum atomic E-state index is 13.0. The van der Waals surface area contributed by atoms with Crippen molar-refractivity contribution in [2.24, 2.45) is 0 Å². The van der Waals surface area contributed by atoms with Gasteiger partial charge in [-0.1, -0.05) is 12.1 Å². The van der Waals surface area contributed by atoms with E-state index in [9.17, 15) is 13.2 Å². The molecule has 1 N–H and O–H groups in total. The summed E-state index contributed by atoms with van der Waals surface area (Å²) in [4.78, 5) is 24.8. The first kappa shape index (κ1) is 28.1. The van der Waals surface area contributed by atoms with Gasteiger partial charge in [-0.2, -0.15) is 0 Å². The van der Waals surface area contributed by atoms with E-state index in [1.165, 1.54) is 6.07 Å². The van der Waals surface area contributed by atoms with Gasteiger partial charge in [0.05, 0.1) is 66.2 Å². The first-order valence-corrected chi connectivity index (χ1v) is 15.5. The summed E-state index contributed by atoms with van der Waals surface area (Å²) in [5, 5.41) is 3.72. The fourth-order valence-electron chi connectivity index (χ4n) is 5.30. The van der Waals surface area contributed by atoms with Crippen LogP contribution in [0.3, 0.4) is 0 Å². The van der Waals surface area contributed by atoms with Gasteiger partial charge in [0, 0.05) is 36.4 Å². The second-order valence-electron chi connectivity index (χ2n) is 10.5. The summed E-state index contributed by atoms with van der Waals surface area (Å²) in [6, 6.07) is 16.5. The molecule has 10 nitrogen and oxygen atoms in total. The molecule has 0 saturated carbocycles. The Morgan fingerprint density at radius 1 is 1.17 bits per heavy atom. The van der Waals surface area contributed by atoms with Crippen molar-refractivity contribution >= 4 is 32.3 Å². The zero-order valence-corrected chi connectivity index (χ0v) is 24.3. The number of benzene rings is 2. The maximum absolute atomic E-state index is 13.0. The number of carbonyl (C=O) groups is 1. The third-order valence-corrected chi connectivity index (χ3v) is 9.21. The smallest absolute Gasteiger partial charge is 0.251 e. The van der Waals surface area contributed by atoms with Crippen molar-refractivity contribution < 1.29 is 27.4 Å². The highest BCUT2D eigenvalue weighted by Crippen LogP contribution is 2.41. The van der Waals surface area contributed by atoms with Gasteiger partial charge in [0.2, 0.25) is 0 Å². The predicted molar refractivity (Wildman–Crippen MR) is 158 cm³/mol. The van der Waals surface area contributed by atoms with Gasteiger partial charge in [-0.3, -0.25) is 9.78 Å². The van der Waals surface area contributed by atoms with Crippen LogP contribution in [0.15, 0.2) is 65.7 Å². The lowest BCUT2D eigenvalue weighted by Gasteiger charge is -2.35. The van der Waals surface area contributed by atoms with Crippen molar-refractivity contribution in [3.8, 4) is 17.0 Å². The van der Waals surface area contributed by atoms with Gasteiger partial charge in [0.1, 0.15) is 6.10 Å². The van der Waals surface area contributed by atoms with Gasteiger partial charge in [-0.15, -0.1) is 0 Å². The third kappa shape index (κ3) is 5.67. The zero-order chi connectivity index (χ0) is 29.3. The summed E-state index contributed by atoms with van der Waals surface area (Å²) in [6.45, 7) is 4.71. The number of carbonyl (C=O) groups excluding carboxylic acids is 1. The predicted octanol–water partition coefficient (Wildman–Crippen LogP) is 3.76. The number of sulfone groups is 1. The molecule has 42 heavy (non-hydrogen) atoms. The molecule has 4 aromatic rings. The minimum atomic E-state index is -3.51. The van der Waals surface area contributed by atoms with Gasteiger partial charge < -0.3 is 24.4 Å². The van der Waals surface area contributed by atoms with Crippen LogP contribution in [0.5, 0.6) is 5.75 Å². The Morgan fingerprint density at radius 2 is 2.05 bits per heavy atom. The molecule has 0 saturated heterocycles. The number of nitrogens with zero attached hydrogens (tertiary/aromatic N) is 3. The van der Waals surface area contributed by atoms with E-state index in [4.69, 9.17) is 19.2 Å². The van der Waals surface area contributed by atoms with Crippen LogP contribution in [0, 0.1) is 0 Å². The number of methoxy groups -OCH3 is 1. The zero-order valence-electron chi connectivity index (χ0n) is 23.5. The van der Waals surface area contributed by atoms with E-state index in [1.807, 2.05) is 30.3 Å². The van der Waals surface area contributed by atoms with Crippen LogP contribution < -0.4 is 15.0 Å². The number of amides is 1. The number of nitrogens with one attached hydrogen (secondary N) is 1. The van der Waals surface area contributed by atoms with Crippen LogP contribution >= 0.6 is 0 Å². The minimum absolute atomic E-state index is 0.0170. The summed E-state index contributed by atoms with van der Waals surface area (Å²) in [5.74, 6) is 0.307. The molecule has 6 rings (SSSR count). The van der Waals surface area contributed by atoms with Crippen molar-refractivity contribution in [2.45, 2.75) is 31.1 Å². The monoisotopic (exact) mass is 588 g/mol. The maximum Gasteiger partial charge on any atom is 0.251 e. The molecule has 0 aliphatic carbocycles. The molecule has 1 unspecified atom stereocenters. The van der Waals surface area contributed by atoms with E-state index in [1.54, 1.807) is 25.4 Å². The quantitative estimate of drug-likeness (QED) is 0.344. The number of pyridine rings is 2. The first-order chi connectivity index (χ1) is 20.3. The number of para-hydroxylation sites is 1. The van der Waals surface area contributed by atoms with Crippen molar-refractivity contribution in [1.29, 1.82) is 0 Å². The fraction of sp³-hybridized carbons (Fsp3) is 0.323. The molecule has 218 valence electrons.